The molecule has 1 aliphatic heterocycles. The lowest BCUT2D eigenvalue weighted by Gasteiger charge is -2.10. The molecule has 0 atom stereocenters. The molecule has 0 bridgehead atoms. The first-order chi connectivity index (χ1) is 10.9. The van der Waals surface area contributed by atoms with Crippen molar-refractivity contribution in [2.24, 2.45) is 0 Å². The van der Waals surface area contributed by atoms with Crippen molar-refractivity contribution in [3.8, 4) is 5.69 Å². The minimum Gasteiger partial charge on any atom is -0.318 e. The van der Waals surface area contributed by atoms with Crippen LogP contribution in [0.1, 0.15) is 22.5 Å². The quantitative estimate of drug-likeness (QED) is 0.781. The Hall–Kier alpha value is -2.27. The van der Waals surface area contributed by atoms with Crippen molar-refractivity contribution in [2.75, 3.05) is 7.05 Å². The van der Waals surface area contributed by atoms with Gasteiger partial charge in [0.1, 0.15) is 0 Å². The van der Waals surface area contributed by atoms with Crippen LogP contribution in [0.3, 0.4) is 0 Å². The zero-order chi connectivity index (χ0) is 16.7. The van der Waals surface area contributed by atoms with E-state index in [2.05, 4.69) is 35.8 Å². The monoisotopic (exact) mass is 326 g/mol. The SMILES string of the molecule is Cc1ccc(-n2c(C)cc(C=C3SC(=O)N(C)C3=O)c2C)cc1. The van der Waals surface area contributed by atoms with Crippen LogP contribution in [0.2, 0.25) is 0 Å². The predicted molar refractivity (Wildman–Crippen MR) is 93.7 cm³/mol. The van der Waals surface area contributed by atoms with Crippen LogP contribution in [0.5, 0.6) is 0 Å². The van der Waals surface area contributed by atoms with Gasteiger partial charge in [-0.2, -0.15) is 0 Å². The molecule has 0 N–H and O–H groups in total. The second-order valence-electron chi connectivity index (χ2n) is 5.74. The molecule has 23 heavy (non-hydrogen) atoms. The molecule has 2 aromatic rings. The molecular weight excluding hydrogens is 308 g/mol. The van der Waals surface area contributed by atoms with E-state index in [0.29, 0.717) is 4.91 Å². The van der Waals surface area contributed by atoms with Crippen LogP contribution in [0.25, 0.3) is 11.8 Å². The molecule has 1 saturated heterocycles. The van der Waals surface area contributed by atoms with Gasteiger partial charge in [0.25, 0.3) is 11.1 Å². The van der Waals surface area contributed by atoms with Crippen molar-refractivity contribution in [2.45, 2.75) is 20.8 Å². The van der Waals surface area contributed by atoms with Crippen LogP contribution in [0.4, 0.5) is 4.79 Å². The lowest BCUT2D eigenvalue weighted by Crippen LogP contribution is -2.22. The summed E-state index contributed by atoms with van der Waals surface area (Å²) in [6.07, 6.45) is 1.81. The van der Waals surface area contributed by atoms with E-state index in [-0.39, 0.29) is 11.1 Å². The molecule has 1 fully saturated rings. The Labute approximate surface area is 139 Å². The van der Waals surface area contributed by atoms with Gasteiger partial charge in [-0.15, -0.1) is 0 Å². The van der Waals surface area contributed by atoms with Gasteiger partial charge in [-0.25, -0.2) is 0 Å². The molecule has 2 amide bonds. The maximum absolute atomic E-state index is 12.0. The highest BCUT2D eigenvalue weighted by molar-refractivity contribution is 8.18. The third-order valence-electron chi connectivity index (χ3n) is 4.04. The summed E-state index contributed by atoms with van der Waals surface area (Å²) in [4.78, 5) is 25.3. The van der Waals surface area contributed by atoms with Crippen molar-refractivity contribution in [1.29, 1.82) is 0 Å². The Bertz CT molecular complexity index is 831. The van der Waals surface area contributed by atoms with E-state index in [9.17, 15) is 9.59 Å². The Kier molecular flexibility index (Phi) is 3.90. The average molecular weight is 326 g/mol. The number of benzene rings is 1. The minimum absolute atomic E-state index is 0.228. The Balaban J connectivity index is 2.03. The van der Waals surface area contributed by atoms with Gasteiger partial charge in [-0.05, 0) is 62.4 Å². The summed E-state index contributed by atoms with van der Waals surface area (Å²) in [5.41, 5.74) is 5.41. The maximum atomic E-state index is 12.0. The first kappa shape index (κ1) is 15.6. The number of thioether (sulfide) groups is 1. The zero-order valence-electron chi connectivity index (χ0n) is 13.6. The molecule has 0 spiro atoms. The van der Waals surface area contributed by atoms with E-state index < -0.39 is 0 Å². The van der Waals surface area contributed by atoms with Gasteiger partial charge in [0.15, 0.2) is 0 Å². The third-order valence-corrected chi connectivity index (χ3v) is 5.00. The van der Waals surface area contributed by atoms with Crippen molar-refractivity contribution in [3.63, 3.8) is 0 Å². The number of carbonyl (C=O) groups excluding carboxylic acids is 2. The fraction of sp³-hybridized carbons (Fsp3) is 0.222. The highest BCUT2D eigenvalue weighted by Gasteiger charge is 2.32. The van der Waals surface area contributed by atoms with Gasteiger partial charge in [0.2, 0.25) is 0 Å². The number of hydrogen-bond donors (Lipinski definition) is 0. The smallest absolute Gasteiger partial charge is 0.293 e. The standard InChI is InChI=1S/C18H18N2O2S/c1-11-5-7-15(8-6-11)20-12(2)9-14(13(20)3)10-16-17(21)19(4)18(22)23-16/h5-10H,1-4H3. The molecule has 0 aliphatic carbocycles. The fourth-order valence-electron chi connectivity index (χ4n) is 2.71. The number of nitrogens with zero attached hydrogens (tertiary/aromatic N) is 2. The van der Waals surface area contributed by atoms with Gasteiger partial charge in [-0.3, -0.25) is 14.5 Å². The topological polar surface area (TPSA) is 42.3 Å². The number of aryl methyl sites for hydroxylation is 2. The van der Waals surface area contributed by atoms with E-state index in [1.807, 2.05) is 19.9 Å². The van der Waals surface area contributed by atoms with Crippen LogP contribution >= 0.6 is 11.8 Å². The molecule has 1 aromatic carbocycles. The maximum Gasteiger partial charge on any atom is 0.293 e. The molecule has 4 nitrogen and oxygen atoms in total. The molecule has 1 aliphatic rings. The van der Waals surface area contributed by atoms with Gasteiger partial charge < -0.3 is 4.57 Å². The number of carbonyl (C=O) groups is 2. The van der Waals surface area contributed by atoms with Gasteiger partial charge in [0.05, 0.1) is 4.91 Å². The van der Waals surface area contributed by atoms with Crippen LogP contribution in [-0.2, 0) is 4.79 Å². The van der Waals surface area contributed by atoms with Crippen LogP contribution in [0, 0.1) is 20.8 Å². The number of amides is 2. The van der Waals surface area contributed by atoms with E-state index in [1.165, 1.54) is 12.6 Å². The summed E-state index contributed by atoms with van der Waals surface area (Å²) in [6.45, 7) is 6.12. The molecule has 118 valence electrons. The molecule has 3 rings (SSSR count). The molecule has 0 unspecified atom stereocenters. The lowest BCUT2D eigenvalue weighted by atomic mass is 10.2. The highest BCUT2D eigenvalue weighted by atomic mass is 32.2. The number of aromatic nitrogens is 1. The molecule has 0 saturated carbocycles. The van der Waals surface area contributed by atoms with E-state index in [4.69, 9.17) is 0 Å². The molecule has 5 heteroatoms. The largest absolute Gasteiger partial charge is 0.318 e. The molecule has 1 aromatic heterocycles. The van der Waals surface area contributed by atoms with E-state index in [0.717, 1.165) is 39.3 Å². The lowest BCUT2D eigenvalue weighted by molar-refractivity contribution is -0.121. The van der Waals surface area contributed by atoms with Gasteiger partial charge >= 0.3 is 0 Å². The molecular formula is C18H18N2O2S. The van der Waals surface area contributed by atoms with E-state index in [1.54, 1.807) is 6.08 Å². The van der Waals surface area contributed by atoms with Crippen LogP contribution < -0.4 is 0 Å². The Morgan fingerprint density at radius 3 is 2.26 bits per heavy atom. The van der Waals surface area contributed by atoms with E-state index >= 15 is 0 Å². The number of imide groups is 1. The summed E-state index contributed by atoms with van der Waals surface area (Å²) in [5, 5.41) is -0.228. The summed E-state index contributed by atoms with van der Waals surface area (Å²) in [5.74, 6) is -0.236. The summed E-state index contributed by atoms with van der Waals surface area (Å²) < 4.78 is 2.15. The van der Waals surface area contributed by atoms with Crippen LogP contribution in [0.15, 0.2) is 35.2 Å². The second-order valence-corrected chi connectivity index (χ2v) is 6.73. The summed E-state index contributed by atoms with van der Waals surface area (Å²) >= 11 is 0.987. The third kappa shape index (κ3) is 2.72. The second kappa shape index (κ2) is 5.74. The number of likely N-dealkylation sites (N-methyl/N-ethyl adjacent to an activating group) is 1. The van der Waals surface area contributed by atoms with Crippen molar-refractivity contribution in [1.82, 2.24) is 9.47 Å². The Morgan fingerprint density at radius 1 is 1.04 bits per heavy atom. The van der Waals surface area contributed by atoms with Crippen molar-refractivity contribution >= 4 is 29.0 Å². The van der Waals surface area contributed by atoms with Crippen molar-refractivity contribution in [3.05, 3.63) is 57.8 Å². The first-order valence-electron chi connectivity index (χ1n) is 7.36. The van der Waals surface area contributed by atoms with Crippen molar-refractivity contribution < 1.29 is 9.59 Å². The Morgan fingerprint density at radius 2 is 1.70 bits per heavy atom. The average Bonchev–Trinajstić information content (AvgIpc) is 2.92. The number of rotatable bonds is 2. The predicted octanol–water partition coefficient (Wildman–Crippen LogP) is 4.07. The summed E-state index contributed by atoms with van der Waals surface area (Å²) in [7, 11) is 1.51. The summed E-state index contributed by atoms with van der Waals surface area (Å²) in [6, 6.07) is 10.4. The fourth-order valence-corrected chi connectivity index (χ4v) is 3.53. The van der Waals surface area contributed by atoms with Gasteiger partial charge in [0, 0.05) is 24.1 Å². The zero-order valence-corrected chi connectivity index (χ0v) is 14.4. The number of hydrogen-bond acceptors (Lipinski definition) is 3. The normalized spacial score (nSPS) is 16.7. The molecule has 0 radical (unpaired) electrons. The van der Waals surface area contributed by atoms with Gasteiger partial charge in [-0.1, -0.05) is 17.7 Å². The van der Waals surface area contributed by atoms with Crippen LogP contribution in [-0.4, -0.2) is 27.7 Å². The minimum atomic E-state index is -0.236. The molecule has 2 heterocycles. The highest BCUT2D eigenvalue weighted by Crippen LogP contribution is 2.32. The first-order valence-corrected chi connectivity index (χ1v) is 8.17.